The first kappa shape index (κ1) is 20.5. The second kappa shape index (κ2) is 8.87. The van der Waals surface area contributed by atoms with E-state index in [0.717, 1.165) is 5.56 Å². The van der Waals surface area contributed by atoms with Gasteiger partial charge in [-0.25, -0.2) is 19.2 Å². The topological polar surface area (TPSA) is 112 Å². The molecule has 3 aromatic rings. The van der Waals surface area contributed by atoms with Crippen LogP contribution in [0, 0.1) is 18.7 Å². The van der Waals surface area contributed by atoms with Gasteiger partial charge in [-0.2, -0.15) is 0 Å². The molecular weight excluding hydrogens is 377 g/mol. The number of halogens is 1. The number of nitrogens with one attached hydrogen (secondary N) is 3. The minimum absolute atomic E-state index is 0.0315. The van der Waals surface area contributed by atoms with Crippen LogP contribution in [0.3, 0.4) is 0 Å². The zero-order chi connectivity index (χ0) is 21.0. The predicted molar refractivity (Wildman–Crippen MR) is 108 cm³/mol. The van der Waals surface area contributed by atoms with Gasteiger partial charge < -0.3 is 25.5 Å². The highest BCUT2D eigenvalue weighted by Crippen LogP contribution is 2.33. The lowest BCUT2D eigenvalue weighted by molar-refractivity contribution is 0.241. The van der Waals surface area contributed by atoms with Gasteiger partial charge in [-0.1, -0.05) is 13.8 Å². The minimum Gasteiger partial charge on any atom is -0.459 e. The summed E-state index contributed by atoms with van der Waals surface area (Å²) in [6, 6.07) is 3.52. The number of nitrogens with zero attached hydrogens (tertiary/aromatic N) is 2. The van der Waals surface area contributed by atoms with Crippen LogP contribution in [0.15, 0.2) is 35.0 Å². The average Bonchev–Trinajstić information content (AvgIpc) is 3.01. The Hall–Kier alpha value is -3.20. The molecule has 0 unspecified atom stereocenters. The van der Waals surface area contributed by atoms with Crippen LogP contribution in [-0.4, -0.2) is 34.3 Å². The molecule has 0 aliphatic carbocycles. The predicted octanol–water partition coefficient (Wildman–Crippen LogP) is 3.59. The van der Waals surface area contributed by atoms with Gasteiger partial charge in [0.15, 0.2) is 0 Å². The summed E-state index contributed by atoms with van der Waals surface area (Å²) < 4.78 is 19.5. The molecule has 29 heavy (non-hydrogen) atoms. The highest BCUT2D eigenvalue weighted by molar-refractivity contribution is 5.89. The van der Waals surface area contributed by atoms with E-state index in [1.807, 2.05) is 20.8 Å². The number of furan rings is 1. The van der Waals surface area contributed by atoms with Crippen molar-refractivity contribution < 1.29 is 18.7 Å². The molecule has 2 aromatic heterocycles. The summed E-state index contributed by atoms with van der Waals surface area (Å²) in [5.74, 6) is 0.647. The van der Waals surface area contributed by atoms with Crippen LogP contribution in [0.1, 0.15) is 31.2 Å². The largest absolute Gasteiger partial charge is 0.459 e. The molecular formula is C20H24FN5O3. The number of aryl methyl sites for hydroxylation is 1. The highest BCUT2D eigenvalue weighted by Gasteiger charge is 2.25. The molecule has 1 aromatic carbocycles. The third-order valence-electron chi connectivity index (χ3n) is 4.48. The standard InChI is InChI=1S/C20H24FN5O3/c1-11(2)17(18-12(3)15-8-13(21)4-5-16(15)29-18)26-20(28)25-14-9-23-19(24-10-14)22-6-7-27/h4-5,8-11,17,27H,6-7H2,1-3H3,(H,22,23,24)(H2,25,26,28)/t17-/m1/s1. The van der Waals surface area contributed by atoms with E-state index < -0.39 is 12.1 Å². The summed E-state index contributed by atoms with van der Waals surface area (Å²) in [5, 5.41) is 17.9. The minimum atomic E-state index is -0.436. The lowest BCUT2D eigenvalue weighted by Crippen LogP contribution is -2.35. The summed E-state index contributed by atoms with van der Waals surface area (Å²) in [6.07, 6.45) is 2.93. The lowest BCUT2D eigenvalue weighted by atomic mass is 9.98. The average molecular weight is 401 g/mol. The number of rotatable bonds is 7. The molecule has 9 heteroatoms. The van der Waals surface area contributed by atoms with E-state index in [1.165, 1.54) is 24.5 Å². The van der Waals surface area contributed by atoms with Crippen LogP contribution in [0.5, 0.6) is 0 Å². The SMILES string of the molecule is Cc1c([C@H](NC(=O)Nc2cnc(NCCO)nc2)C(C)C)oc2ccc(F)cc12. The smallest absolute Gasteiger partial charge is 0.319 e. The number of hydrogen-bond acceptors (Lipinski definition) is 6. The molecule has 4 N–H and O–H groups in total. The van der Waals surface area contributed by atoms with Crippen molar-refractivity contribution in [3.05, 3.63) is 47.7 Å². The number of aliphatic hydroxyl groups is 1. The number of benzene rings is 1. The Balaban J connectivity index is 1.74. The maximum atomic E-state index is 13.6. The summed E-state index contributed by atoms with van der Waals surface area (Å²) in [7, 11) is 0. The van der Waals surface area contributed by atoms with Gasteiger partial charge in [0, 0.05) is 17.5 Å². The lowest BCUT2D eigenvalue weighted by Gasteiger charge is -2.21. The number of carbonyl (C=O) groups excluding carboxylic acids is 1. The number of hydrogen-bond donors (Lipinski definition) is 4. The third-order valence-corrected chi connectivity index (χ3v) is 4.48. The third kappa shape index (κ3) is 4.80. The molecule has 0 bridgehead atoms. The maximum Gasteiger partial charge on any atom is 0.319 e. The van der Waals surface area contributed by atoms with Gasteiger partial charge >= 0.3 is 6.03 Å². The number of aliphatic hydroxyl groups excluding tert-OH is 1. The van der Waals surface area contributed by atoms with Crippen LogP contribution >= 0.6 is 0 Å². The first-order valence-electron chi connectivity index (χ1n) is 9.32. The molecule has 3 rings (SSSR count). The molecule has 0 saturated heterocycles. The second-order valence-electron chi connectivity index (χ2n) is 7.00. The molecule has 2 heterocycles. The van der Waals surface area contributed by atoms with Crippen molar-refractivity contribution >= 4 is 28.6 Å². The van der Waals surface area contributed by atoms with Crippen molar-refractivity contribution in [2.24, 2.45) is 5.92 Å². The van der Waals surface area contributed by atoms with Crippen molar-refractivity contribution in [2.75, 3.05) is 23.8 Å². The molecule has 8 nitrogen and oxygen atoms in total. The number of urea groups is 1. The van der Waals surface area contributed by atoms with Crippen LogP contribution in [0.4, 0.5) is 20.8 Å². The van der Waals surface area contributed by atoms with E-state index in [2.05, 4.69) is 25.9 Å². The summed E-state index contributed by atoms with van der Waals surface area (Å²) >= 11 is 0. The molecule has 2 amide bonds. The van der Waals surface area contributed by atoms with Gasteiger partial charge in [-0.15, -0.1) is 0 Å². The molecule has 0 radical (unpaired) electrons. The summed E-state index contributed by atoms with van der Waals surface area (Å²) in [4.78, 5) is 20.6. The monoisotopic (exact) mass is 401 g/mol. The first-order chi connectivity index (χ1) is 13.9. The quantitative estimate of drug-likeness (QED) is 0.481. The van der Waals surface area contributed by atoms with Gasteiger partial charge in [0.2, 0.25) is 5.95 Å². The zero-order valence-corrected chi connectivity index (χ0v) is 16.5. The van der Waals surface area contributed by atoms with E-state index in [0.29, 0.717) is 34.9 Å². The number of amides is 2. The first-order valence-corrected chi connectivity index (χ1v) is 9.32. The fraction of sp³-hybridized carbons (Fsp3) is 0.350. The molecule has 154 valence electrons. The van der Waals surface area contributed by atoms with Crippen LogP contribution in [0.2, 0.25) is 0 Å². The maximum absolute atomic E-state index is 13.6. The van der Waals surface area contributed by atoms with Crippen molar-refractivity contribution in [3.8, 4) is 0 Å². The van der Waals surface area contributed by atoms with Gasteiger partial charge in [0.05, 0.1) is 30.7 Å². The van der Waals surface area contributed by atoms with Crippen LogP contribution in [0.25, 0.3) is 11.0 Å². The van der Waals surface area contributed by atoms with Crippen molar-refractivity contribution in [2.45, 2.75) is 26.8 Å². The van der Waals surface area contributed by atoms with Crippen molar-refractivity contribution in [1.29, 1.82) is 0 Å². The Kier molecular flexibility index (Phi) is 6.28. The molecule has 1 atom stereocenters. The summed E-state index contributed by atoms with van der Waals surface area (Å²) in [6.45, 7) is 6.08. The van der Waals surface area contributed by atoms with Gasteiger partial charge in [0.25, 0.3) is 0 Å². The Morgan fingerprint density at radius 3 is 2.66 bits per heavy atom. The molecule has 0 aliphatic heterocycles. The van der Waals surface area contributed by atoms with E-state index in [-0.39, 0.29) is 18.3 Å². The van der Waals surface area contributed by atoms with E-state index >= 15 is 0 Å². The fourth-order valence-electron chi connectivity index (χ4n) is 3.00. The van der Waals surface area contributed by atoms with E-state index in [1.54, 1.807) is 6.07 Å². The Morgan fingerprint density at radius 2 is 2.00 bits per heavy atom. The number of carbonyl (C=O) groups is 1. The summed E-state index contributed by atoms with van der Waals surface area (Å²) in [5.41, 5.74) is 1.79. The number of anilines is 2. The normalized spacial score (nSPS) is 12.2. The second-order valence-corrected chi connectivity index (χ2v) is 7.00. The Morgan fingerprint density at radius 1 is 1.28 bits per heavy atom. The van der Waals surface area contributed by atoms with Gasteiger partial charge in [-0.05, 0) is 31.0 Å². The number of fused-ring (bicyclic) bond motifs is 1. The van der Waals surface area contributed by atoms with E-state index in [4.69, 9.17) is 9.52 Å². The number of aromatic nitrogens is 2. The molecule has 0 saturated carbocycles. The molecule has 0 fully saturated rings. The highest BCUT2D eigenvalue weighted by atomic mass is 19.1. The van der Waals surface area contributed by atoms with Gasteiger partial charge in [-0.3, -0.25) is 0 Å². The Bertz CT molecular complexity index is 988. The van der Waals surface area contributed by atoms with Crippen molar-refractivity contribution in [3.63, 3.8) is 0 Å². The van der Waals surface area contributed by atoms with Crippen LogP contribution < -0.4 is 16.0 Å². The molecule has 0 aliphatic rings. The zero-order valence-electron chi connectivity index (χ0n) is 16.5. The Labute approximate surface area is 167 Å². The fourth-order valence-corrected chi connectivity index (χ4v) is 3.00. The van der Waals surface area contributed by atoms with Crippen LogP contribution in [-0.2, 0) is 0 Å². The van der Waals surface area contributed by atoms with E-state index in [9.17, 15) is 9.18 Å². The van der Waals surface area contributed by atoms with Gasteiger partial charge in [0.1, 0.15) is 17.2 Å². The van der Waals surface area contributed by atoms with Crippen molar-refractivity contribution in [1.82, 2.24) is 15.3 Å². The molecule has 0 spiro atoms.